The van der Waals surface area contributed by atoms with Crippen LogP contribution in [-0.2, 0) is 4.74 Å². The second kappa shape index (κ2) is 5.30. The standard InChI is InChI=1S/C12H17N3O3/c1-18-7-5-12(3-4-12)8-14-11-13-6-2-9(15-11)10(16)17/h2,6H,3-5,7-8H2,1H3,(H,16,17)(H,13,14,15). The van der Waals surface area contributed by atoms with E-state index in [1.165, 1.54) is 25.1 Å². The fourth-order valence-corrected chi connectivity index (χ4v) is 1.84. The Morgan fingerprint density at radius 2 is 2.39 bits per heavy atom. The molecule has 0 unspecified atom stereocenters. The average Bonchev–Trinajstić information content (AvgIpc) is 3.15. The Morgan fingerprint density at radius 3 is 3.00 bits per heavy atom. The first-order valence-electron chi connectivity index (χ1n) is 5.94. The van der Waals surface area contributed by atoms with Crippen LogP contribution in [0.4, 0.5) is 5.95 Å². The third kappa shape index (κ3) is 3.16. The number of carboxylic acids is 1. The van der Waals surface area contributed by atoms with Crippen molar-refractivity contribution in [3.63, 3.8) is 0 Å². The zero-order valence-corrected chi connectivity index (χ0v) is 10.3. The van der Waals surface area contributed by atoms with E-state index in [0.29, 0.717) is 5.95 Å². The molecule has 18 heavy (non-hydrogen) atoms. The molecule has 1 aromatic heterocycles. The number of nitrogens with one attached hydrogen (secondary N) is 1. The molecule has 0 bridgehead atoms. The van der Waals surface area contributed by atoms with Crippen LogP contribution < -0.4 is 5.32 Å². The van der Waals surface area contributed by atoms with Crippen LogP contribution in [0.3, 0.4) is 0 Å². The maximum Gasteiger partial charge on any atom is 0.354 e. The third-order valence-electron chi connectivity index (χ3n) is 3.29. The smallest absolute Gasteiger partial charge is 0.354 e. The molecule has 2 N–H and O–H groups in total. The summed E-state index contributed by atoms with van der Waals surface area (Å²) in [5, 5.41) is 11.9. The van der Waals surface area contributed by atoms with Crippen molar-refractivity contribution in [2.45, 2.75) is 19.3 Å². The fourth-order valence-electron chi connectivity index (χ4n) is 1.84. The van der Waals surface area contributed by atoms with Gasteiger partial charge in [0.1, 0.15) is 0 Å². The van der Waals surface area contributed by atoms with Gasteiger partial charge in [-0.25, -0.2) is 14.8 Å². The fraction of sp³-hybridized carbons (Fsp3) is 0.583. The molecular formula is C12H17N3O3. The number of methoxy groups -OCH3 is 1. The van der Waals surface area contributed by atoms with E-state index in [-0.39, 0.29) is 11.1 Å². The lowest BCUT2D eigenvalue weighted by Crippen LogP contribution is -2.19. The van der Waals surface area contributed by atoms with Crippen LogP contribution >= 0.6 is 0 Å². The molecular weight excluding hydrogens is 234 g/mol. The second-order valence-electron chi connectivity index (χ2n) is 4.67. The minimum Gasteiger partial charge on any atom is -0.477 e. The highest BCUT2D eigenvalue weighted by molar-refractivity contribution is 5.85. The van der Waals surface area contributed by atoms with Gasteiger partial charge in [-0.1, -0.05) is 0 Å². The summed E-state index contributed by atoms with van der Waals surface area (Å²) in [6.45, 7) is 1.51. The maximum atomic E-state index is 10.8. The number of nitrogens with zero attached hydrogens (tertiary/aromatic N) is 2. The lowest BCUT2D eigenvalue weighted by molar-refractivity contribution is 0.0690. The molecule has 1 heterocycles. The number of aromatic carboxylic acids is 1. The molecule has 0 saturated heterocycles. The molecule has 2 rings (SSSR count). The molecule has 0 aliphatic heterocycles. The van der Waals surface area contributed by atoms with Gasteiger partial charge in [-0.15, -0.1) is 0 Å². The maximum absolute atomic E-state index is 10.8. The van der Waals surface area contributed by atoms with Crippen LogP contribution in [0.1, 0.15) is 29.8 Å². The minimum atomic E-state index is -1.04. The first kappa shape index (κ1) is 12.8. The molecule has 1 aliphatic rings. The second-order valence-corrected chi connectivity index (χ2v) is 4.67. The van der Waals surface area contributed by atoms with E-state index in [9.17, 15) is 4.79 Å². The molecule has 1 fully saturated rings. The van der Waals surface area contributed by atoms with Gasteiger partial charge in [0, 0.05) is 26.5 Å². The molecule has 1 aromatic rings. The molecule has 6 heteroatoms. The molecule has 0 spiro atoms. The van der Waals surface area contributed by atoms with Crippen molar-refractivity contribution in [1.29, 1.82) is 0 Å². The van der Waals surface area contributed by atoms with Crippen molar-refractivity contribution in [3.05, 3.63) is 18.0 Å². The predicted octanol–water partition coefficient (Wildman–Crippen LogP) is 1.40. The number of carboxylic acid groups (broad SMARTS) is 1. The van der Waals surface area contributed by atoms with Crippen LogP contribution in [0.2, 0.25) is 0 Å². The Morgan fingerprint density at radius 1 is 1.61 bits per heavy atom. The molecule has 0 atom stereocenters. The van der Waals surface area contributed by atoms with Gasteiger partial charge in [0.05, 0.1) is 0 Å². The van der Waals surface area contributed by atoms with Gasteiger partial charge in [-0.2, -0.15) is 0 Å². The van der Waals surface area contributed by atoms with Crippen molar-refractivity contribution >= 4 is 11.9 Å². The van der Waals surface area contributed by atoms with Crippen molar-refractivity contribution in [1.82, 2.24) is 9.97 Å². The zero-order chi connectivity index (χ0) is 13.0. The van der Waals surface area contributed by atoms with Crippen LogP contribution in [0.15, 0.2) is 12.3 Å². The summed E-state index contributed by atoms with van der Waals surface area (Å²) in [6.07, 6.45) is 4.80. The molecule has 0 amide bonds. The van der Waals surface area contributed by atoms with Crippen LogP contribution in [0, 0.1) is 5.41 Å². The first-order chi connectivity index (χ1) is 8.65. The summed E-state index contributed by atoms with van der Waals surface area (Å²) >= 11 is 0. The summed E-state index contributed by atoms with van der Waals surface area (Å²) < 4.78 is 5.08. The van der Waals surface area contributed by atoms with Gasteiger partial charge in [0.25, 0.3) is 0 Å². The Hall–Kier alpha value is -1.69. The first-order valence-corrected chi connectivity index (χ1v) is 5.94. The number of anilines is 1. The van der Waals surface area contributed by atoms with Crippen molar-refractivity contribution < 1.29 is 14.6 Å². The molecule has 0 radical (unpaired) electrons. The highest BCUT2D eigenvalue weighted by atomic mass is 16.5. The Labute approximate surface area is 105 Å². The molecule has 98 valence electrons. The number of aromatic nitrogens is 2. The van der Waals surface area contributed by atoms with Crippen LogP contribution in [-0.4, -0.2) is 41.3 Å². The quantitative estimate of drug-likeness (QED) is 0.762. The Balaban J connectivity index is 1.90. The van der Waals surface area contributed by atoms with E-state index in [4.69, 9.17) is 9.84 Å². The van der Waals surface area contributed by atoms with Crippen molar-refractivity contribution in [2.24, 2.45) is 5.41 Å². The normalized spacial score (nSPS) is 16.3. The van der Waals surface area contributed by atoms with Crippen molar-refractivity contribution in [3.8, 4) is 0 Å². The van der Waals surface area contributed by atoms with E-state index in [1.54, 1.807) is 7.11 Å². The van der Waals surface area contributed by atoms with E-state index >= 15 is 0 Å². The van der Waals surface area contributed by atoms with E-state index in [0.717, 1.165) is 19.6 Å². The van der Waals surface area contributed by atoms with Gasteiger partial charge >= 0.3 is 5.97 Å². The van der Waals surface area contributed by atoms with Gasteiger partial charge in [0.2, 0.25) is 5.95 Å². The van der Waals surface area contributed by atoms with E-state index < -0.39 is 5.97 Å². The van der Waals surface area contributed by atoms with Gasteiger partial charge in [0.15, 0.2) is 5.69 Å². The molecule has 1 aliphatic carbocycles. The topological polar surface area (TPSA) is 84.3 Å². The zero-order valence-electron chi connectivity index (χ0n) is 10.3. The lowest BCUT2D eigenvalue weighted by Gasteiger charge is -2.15. The monoisotopic (exact) mass is 251 g/mol. The lowest BCUT2D eigenvalue weighted by atomic mass is 10.0. The Bertz CT molecular complexity index is 432. The number of hydrogen-bond donors (Lipinski definition) is 2. The number of hydrogen-bond acceptors (Lipinski definition) is 5. The van der Waals surface area contributed by atoms with E-state index in [2.05, 4.69) is 15.3 Å². The highest BCUT2D eigenvalue weighted by Gasteiger charge is 2.41. The van der Waals surface area contributed by atoms with Crippen molar-refractivity contribution in [2.75, 3.05) is 25.6 Å². The summed E-state index contributed by atoms with van der Waals surface area (Å²) in [4.78, 5) is 18.7. The molecule has 0 aromatic carbocycles. The average molecular weight is 251 g/mol. The Kier molecular flexibility index (Phi) is 3.76. The summed E-state index contributed by atoms with van der Waals surface area (Å²) in [5.41, 5.74) is 0.285. The number of ether oxygens (including phenoxy) is 1. The summed E-state index contributed by atoms with van der Waals surface area (Å²) in [5.74, 6) is -0.667. The van der Waals surface area contributed by atoms with Crippen LogP contribution in [0.25, 0.3) is 0 Å². The third-order valence-corrected chi connectivity index (χ3v) is 3.29. The predicted molar refractivity (Wildman–Crippen MR) is 65.6 cm³/mol. The minimum absolute atomic E-state index is 0.00855. The van der Waals surface area contributed by atoms with Gasteiger partial charge in [-0.05, 0) is 30.7 Å². The molecule has 6 nitrogen and oxygen atoms in total. The van der Waals surface area contributed by atoms with Crippen LogP contribution in [0.5, 0.6) is 0 Å². The summed E-state index contributed by atoms with van der Waals surface area (Å²) in [7, 11) is 1.70. The largest absolute Gasteiger partial charge is 0.477 e. The number of carbonyl (C=O) groups is 1. The molecule has 1 saturated carbocycles. The van der Waals surface area contributed by atoms with Gasteiger partial charge in [-0.3, -0.25) is 0 Å². The highest BCUT2D eigenvalue weighted by Crippen LogP contribution is 2.48. The summed E-state index contributed by atoms with van der Waals surface area (Å²) in [6, 6.07) is 1.38. The number of rotatable bonds is 7. The van der Waals surface area contributed by atoms with Gasteiger partial charge < -0.3 is 15.2 Å². The SMILES string of the molecule is COCCC1(CNc2nccc(C(=O)O)n2)CC1. The van der Waals surface area contributed by atoms with E-state index in [1.807, 2.05) is 0 Å².